The van der Waals surface area contributed by atoms with Gasteiger partial charge in [0, 0.05) is 5.56 Å². The van der Waals surface area contributed by atoms with Crippen molar-refractivity contribution in [3.8, 4) is 5.75 Å². The molecule has 1 aromatic heterocycles. The van der Waals surface area contributed by atoms with Crippen molar-refractivity contribution in [2.75, 3.05) is 7.11 Å². The topological polar surface area (TPSA) is 59.7 Å². The summed E-state index contributed by atoms with van der Waals surface area (Å²) in [7, 11) is 1.55. The first-order chi connectivity index (χ1) is 7.98. The highest BCUT2D eigenvalue weighted by atomic mass is 16.5. The Morgan fingerprint density at radius 2 is 2.12 bits per heavy atom. The molecule has 0 saturated heterocycles. The van der Waals surface area contributed by atoms with Gasteiger partial charge in [-0.15, -0.1) is 0 Å². The molecule has 0 fully saturated rings. The van der Waals surface area contributed by atoms with Gasteiger partial charge in [0.15, 0.2) is 0 Å². The van der Waals surface area contributed by atoms with Crippen molar-refractivity contribution in [3.63, 3.8) is 0 Å². The fourth-order valence-corrected chi connectivity index (χ4v) is 1.80. The number of hydrogen-bond acceptors (Lipinski definition) is 3. The van der Waals surface area contributed by atoms with Crippen LogP contribution in [0.5, 0.6) is 5.75 Å². The lowest BCUT2D eigenvalue weighted by Crippen LogP contribution is -2.28. The smallest absolute Gasteiger partial charge is 0.313 e. The minimum absolute atomic E-state index is 0.623. The fourth-order valence-electron chi connectivity index (χ4n) is 1.80. The van der Waals surface area contributed by atoms with Crippen molar-refractivity contribution in [2.45, 2.75) is 19.3 Å². The Labute approximate surface area is 98.8 Å². The van der Waals surface area contributed by atoms with E-state index in [0.29, 0.717) is 16.9 Å². The summed E-state index contributed by atoms with van der Waals surface area (Å²) < 4.78 is 10.6. The predicted octanol–water partition coefficient (Wildman–Crippen LogP) is 2.80. The van der Waals surface area contributed by atoms with Crippen molar-refractivity contribution in [3.05, 3.63) is 30.0 Å². The Bertz CT molecular complexity index is 566. The Morgan fingerprint density at radius 3 is 2.71 bits per heavy atom. The lowest BCUT2D eigenvalue weighted by Gasteiger charge is -2.18. The summed E-state index contributed by atoms with van der Waals surface area (Å²) in [4.78, 5) is 11.3. The van der Waals surface area contributed by atoms with Gasteiger partial charge in [-0.25, -0.2) is 0 Å². The van der Waals surface area contributed by atoms with E-state index in [9.17, 15) is 9.90 Å². The second-order valence-corrected chi connectivity index (χ2v) is 4.41. The number of benzene rings is 1. The van der Waals surface area contributed by atoms with Crippen LogP contribution in [0, 0.1) is 0 Å². The van der Waals surface area contributed by atoms with Gasteiger partial charge in [0.25, 0.3) is 0 Å². The molecule has 0 amide bonds. The van der Waals surface area contributed by atoms with Crippen LogP contribution >= 0.6 is 0 Å². The van der Waals surface area contributed by atoms with Gasteiger partial charge in [0.2, 0.25) is 0 Å². The molecule has 0 spiro atoms. The first kappa shape index (κ1) is 11.5. The van der Waals surface area contributed by atoms with Gasteiger partial charge in [-0.1, -0.05) is 6.07 Å². The van der Waals surface area contributed by atoms with Gasteiger partial charge in [-0.3, -0.25) is 4.79 Å². The van der Waals surface area contributed by atoms with E-state index in [1.165, 1.54) is 6.26 Å². The third-order valence-electron chi connectivity index (χ3n) is 2.99. The number of carboxylic acids is 1. The van der Waals surface area contributed by atoms with Gasteiger partial charge in [-0.2, -0.15) is 0 Å². The molecule has 0 saturated carbocycles. The first-order valence-electron chi connectivity index (χ1n) is 5.26. The van der Waals surface area contributed by atoms with E-state index in [1.807, 2.05) is 6.07 Å². The molecule has 17 heavy (non-hydrogen) atoms. The molecular weight excluding hydrogens is 220 g/mol. The van der Waals surface area contributed by atoms with E-state index in [1.54, 1.807) is 33.1 Å². The van der Waals surface area contributed by atoms with Crippen molar-refractivity contribution >= 4 is 16.9 Å². The van der Waals surface area contributed by atoms with Crippen molar-refractivity contribution in [1.29, 1.82) is 0 Å². The van der Waals surface area contributed by atoms with Crippen LogP contribution in [0.3, 0.4) is 0 Å². The number of rotatable bonds is 3. The number of hydrogen-bond donors (Lipinski definition) is 1. The SMILES string of the molecule is COc1cccc2occ(C(C)(C)C(=O)O)c12. The standard InChI is InChI=1S/C13H14O4/c1-13(2,12(14)15)8-7-17-10-6-4-5-9(16-3)11(8)10/h4-7H,1-3H3,(H,14,15). The van der Waals surface area contributed by atoms with Gasteiger partial charge < -0.3 is 14.3 Å². The predicted molar refractivity (Wildman–Crippen MR) is 63.4 cm³/mol. The zero-order valence-corrected chi connectivity index (χ0v) is 9.98. The maximum atomic E-state index is 11.3. The second-order valence-electron chi connectivity index (χ2n) is 4.41. The Balaban J connectivity index is 2.75. The molecule has 0 aliphatic heterocycles. The van der Waals surface area contributed by atoms with Crippen molar-refractivity contribution in [1.82, 2.24) is 0 Å². The second kappa shape index (κ2) is 3.80. The van der Waals surface area contributed by atoms with Crippen LogP contribution in [0.2, 0.25) is 0 Å². The Hall–Kier alpha value is -1.97. The molecule has 0 radical (unpaired) electrons. The fraction of sp³-hybridized carbons (Fsp3) is 0.308. The number of furan rings is 1. The number of ether oxygens (including phenoxy) is 1. The molecule has 0 unspecified atom stereocenters. The molecule has 1 N–H and O–H groups in total. The maximum Gasteiger partial charge on any atom is 0.313 e. The maximum absolute atomic E-state index is 11.3. The average Bonchev–Trinajstić information content (AvgIpc) is 2.72. The minimum atomic E-state index is -1.01. The molecule has 4 nitrogen and oxygen atoms in total. The van der Waals surface area contributed by atoms with E-state index < -0.39 is 11.4 Å². The summed E-state index contributed by atoms with van der Waals surface area (Å²) in [5, 5.41) is 9.98. The molecule has 2 rings (SSSR count). The van der Waals surface area contributed by atoms with Crippen LogP contribution in [-0.2, 0) is 10.2 Å². The third-order valence-corrected chi connectivity index (χ3v) is 2.99. The minimum Gasteiger partial charge on any atom is -0.496 e. The zero-order chi connectivity index (χ0) is 12.6. The van der Waals surface area contributed by atoms with Crippen LogP contribution in [0.15, 0.2) is 28.9 Å². The molecule has 1 aromatic carbocycles. The largest absolute Gasteiger partial charge is 0.496 e. The molecule has 90 valence electrons. The van der Waals surface area contributed by atoms with Gasteiger partial charge >= 0.3 is 5.97 Å². The molecule has 0 bridgehead atoms. The summed E-state index contributed by atoms with van der Waals surface area (Å²) in [6, 6.07) is 5.39. The highest BCUT2D eigenvalue weighted by molar-refractivity contribution is 5.94. The number of fused-ring (bicyclic) bond motifs is 1. The highest BCUT2D eigenvalue weighted by Crippen LogP contribution is 2.37. The van der Waals surface area contributed by atoms with Crippen LogP contribution in [-0.4, -0.2) is 18.2 Å². The lowest BCUT2D eigenvalue weighted by molar-refractivity contribution is -0.142. The van der Waals surface area contributed by atoms with Crippen LogP contribution < -0.4 is 4.74 Å². The molecule has 4 heteroatoms. The normalized spacial score (nSPS) is 11.7. The summed E-state index contributed by atoms with van der Waals surface area (Å²) in [6.45, 7) is 3.29. The number of aliphatic carboxylic acids is 1. The van der Waals surface area contributed by atoms with Crippen LogP contribution in [0.25, 0.3) is 11.0 Å². The van der Waals surface area contributed by atoms with E-state index in [-0.39, 0.29) is 0 Å². The summed E-state index contributed by atoms with van der Waals surface area (Å²) >= 11 is 0. The number of carbonyl (C=O) groups is 1. The van der Waals surface area contributed by atoms with Crippen molar-refractivity contribution < 1.29 is 19.1 Å². The highest BCUT2D eigenvalue weighted by Gasteiger charge is 2.33. The van der Waals surface area contributed by atoms with E-state index in [2.05, 4.69) is 0 Å². The number of methoxy groups -OCH3 is 1. The van der Waals surface area contributed by atoms with Crippen LogP contribution in [0.1, 0.15) is 19.4 Å². The summed E-state index contributed by atoms with van der Waals surface area (Å²) in [6.07, 6.45) is 1.49. The van der Waals surface area contributed by atoms with E-state index in [4.69, 9.17) is 9.15 Å². The van der Waals surface area contributed by atoms with Gasteiger partial charge in [-0.05, 0) is 26.0 Å². The molecule has 2 aromatic rings. The van der Waals surface area contributed by atoms with E-state index in [0.717, 1.165) is 5.39 Å². The number of carboxylic acid groups (broad SMARTS) is 1. The molecule has 0 aliphatic rings. The third kappa shape index (κ3) is 1.65. The van der Waals surface area contributed by atoms with E-state index >= 15 is 0 Å². The quantitative estimate of drug-likeness (QED) is 0.887. The molecule has 1 heterocycles. The molecule has 0 atom stereocenters. The average molecular weight is 234 g/mol. The molecule has 0 aliphatic carbocycles. The van der Waals surface area contributed by atoms with Gasteiger partial charge in [0.05, 0.1) is 24.2 Å². The lowest BCUT2D eigenvalue weighted by atomic mass is 9.84. The Kier molecular flexibility index (Phi) is 2.58. The Morgan fingerprint density at radius 1 is 1.41 bits per heavy atom. The monoisotopic (exact) mass is 234 g/mol. The van der Waals surface area contributed by atoms with Crippen molar-refractivity contribution in [2.24, 2.45) is 0 Å². The van der Waals surface area contributed by atoms with Crippen LogP contribution in [0.4, 0.5) is 0 Å². The van der Waals surface area contributed by atoms with Gasteiger partial charge in [0.1, 0.15) is 11.3 Å². The summed E-state index contributed by atoms with van der Waals surface area (Å²) in [5.74, 6) is -0.272. The summed E-state index contributed by atoms with van der Waals surface area (Å²) in [5.41, 5.74) is 0.242. The zero-order valence-electron chi connectivity index (χ0n) is 9.98. The molecular formula is C13H14O4. The first-order valence-corrected chi connectivity index (χ1v) is 5.26.